The van der Waals surface area contributed by atoms with E-state index < -0.39 is 0 Å². The minimum atomic E-state index is -0.0625. The third kappa shape index (κ3) is 4.01. The molecule has 0 bridgehead atoms. The Bertz CT molecular complexity index is 866. The lowest BCUT2D eigenvalue weighted by Gasteiger charge is -2.31. The summed E-state index contributed by atoms with van der Waals surface area (Å²) in [5.74, 6) is 2.12. The lowest BCUT2D eigenvalue weighted by Crippen LogP contribution is -2.40. The Labute approximate surface area is 170 Å². The number of aromatic nitrogens is 2. The summed E-state index contributed by atoms with van der Waals surface area (Å²) in [5, 5.41) is 1.09. The SMILES string of the molecule is CCOC(=O)C1CCCN(CCc2nc(N)c3c4c(sc3n2)CC(C)CC4)C1. The number of hydrogen-bond donors (Lipinski definition) is 1. The van der Waals surface area contributed by atoms with Gasteiger partial charge >= 0.3 is 5.97 Å². The fourth-order valence-corrected chi connectivity index (χ4v) is 5.91. The molecule has 2 aliphatic rings. The molecule has 0 aromatic carbocycles. The summed E-state index contributed by atoms with van der Waals surface area (Å²) in [6, 6.07) is 0. The summed E-state index contributed by atoms with van der Waals surface area (Å²) in [4.78, 5) is 26.3. The molecule has 0 radical (unpaired) electrons. The standard InChI is InChI=1S/C21H30N4O2S/c1-3-27-21(26)14-5-4-9-25(12-14)10-8-17-23-19(22)18-15-7-6-13(2)11-16(15)28-20(18)24-17/h13-14H,3-12H2,1-2H3,(H2,22,23,24). The van der Waals surface area contributed by atoms with E-state index in [2.05, 4.69) is 16.8 Å². The first-order chi connectivity index (χ1) is 13.5. The molecule has 0 saturated carbocycles. The van der Waals surface area contributed by atoms with Crippen LogP contribution in [0.2, 0.25) is 0 Å². The monoisotopic (exact) mass is 402 g/mol. The summed E-state index contributed by atoms with van der Waals surface area (Å²) in [6.07, 6.45) is 6.15. The second kappa shape index (κ2) is 8.33. The van der Waals surface area contributed by atoms with Crippen LogP contribution < -0.4 is 5.73 Å². The number of thiophene rings is 1. The van der Waals surface area contributed by atoms with Crippen molar-refractivity contribution in [3.63, 3.8) is 0 Å². The van der Waals surface area contributed by atoms with Crippen LogP contribution in [-0.2, 0) is 28.8 Å². The average Bonchev–Trinajstić information content (AvgIpc) is 3.04. The number of nitrogen functional groups attached to an aromatic ring is 1. The van der Waals surface area contributed by atoms with Gasteiger partial charge in [0.25, 0.3) is 0 Å². The highest BCUT2D eigenvalue weighted by molar-refractivity contribution is 7.19. The Hall–Kier alpha value is -1.73. The van der Waals surface area contributed by atoms with Gasteiger partial charge < -0.3 is 15.4 Å². The first-order valence-corrected chi connectivity index (χ1v) is 11.3. The lowest BCUT2D eigenvalue weighted by molar-refractivity contribution is -0.149. The fourth-order valence-electron chi connectivity index (χ4n) is 4.50. The molecular weight excluding hydrogens is 372 g/mol. The highest BCUT2D eigenvalue weighted by atomic mass is 32.1. The van der Waals surface area contributed by atoms with Gasteiger partial charge in [0, 0.05) is 24.4 Å². The van der Waals surface area contributed by atoms with Gasteiger partial charge in [0.05, 0.1) is 17.9 Å². The number of likely N-dealkylation sites (tertiary alicyclic amines) is 1. The number of esters is 1. The number of aryl methyl sites for hydroxylation is 1. The predicted molar refractivity (Wildman–Crippen MR) is 113 cm³/mol. The maximum Gasteiger partial charge on any atom is 0.310 e. The molecule has 1 aliphatic carbocycles. The van der Waals surface area contributed by atoms with E-state index in [4.69, 9.17) is 15.5 Å². The van der Waals surface area contributed by atoms with Gasteiger partial charge in [-0.1, -0.05) is 6.92 Å². The van der Waals surface area contributed by atoms with Crippen molar-refractivity contribution in [3.05, 3.63) is 16.3 Å². The van der Waals surface area contributed by atoms with E-state index in [0.29, 0.717) is 12.4 Å². The first kappa shape index (κ1) is 19.6. The maximum atomic E-state index is 12.0. The first-order valence-electron chi connectivity index (χ1n) is 10.5. The second-order valence-electron chi connectivity index (χ2n) is 8.20. The van der Waals surface area contributed by atoms with Crippen LogP contribution in [-0.4, -0.2) is 47.1 Å². The Balaban J connectivity index is 1.44. The highest BCUT2D eigenvalue weighted by Gasteiger charge is 2.27. The normalized spacial score (nSPS) is 22.9. The summed E-state index contributed by atoms with van der Waals surface area (Å²) < 4.78 is 5.20. The number of rotatable bonds is 5. The molecule has 0 amide bonds. The number of carbonyl (C=O) groups excluding carboxylic acids is 1. The van der Waals surface area contributed by atoms with Crippen LogP contribution >= 0.6 is 11.3 Å². The lowest BCUT2D eigenvalue weighted by atomic mass is 9.89. The molecule has 7 heteroatoms. The van der Waals surface area contributed by atoms with Crippen LogP contribution in [0.5, 0.6) is 0 Å². The molecule has 2 aromatic rings. The van der Waals surface area contributed by atoms with Crippen molar-refractivity contribution in [1.82, 2.24) is 14.9 Å². The molecule has 6 nitrogen and oxygen atoms in total. The third-order valence-electron chi connectivity index (χ3n) is 6.01. The van der Waals surface area contributed by atoms with Crippen molar-refractivity contribution in [1.29, 1.82) is 0 Å². The van der Waals surface area contributed by atoms with E-state index in [1.807, 2.05) is 6.92 Å². The Morgan fingerprint density at radius 1 is 1.36 bits per heavy atom. The van der Waals surface area contributed by atoms with Crippen LogP contribution in [0.1, 0.15) is 49.4 Å². The van der Waals surface area contributed by atoms with Crippen LogP contribution in [0.15, 0.2) is 0 Å². The van der Waals surface area contributed by atoms with Crippen molar-refractivity contribution in [2.45, 2.75) is 52.4 Å². The van der Waals surface area contributed by atoms with Gasteiger partial charge in [0.1, 0.15) is 16.5 Å². The zero-order valence-corrected chi connectivity index (χ0v) is 17.7. The molecule has 0 spiro atoms. The quantitative estimate of drug-likeness (QED) is 0.774. The van der Waals surface area contributed by atoms with Crippen molar-refractivity contribution in [2.75, 3.05) is 32.0 Å². The summed E-state index contributed by atoms with van der Waals surface area (Å²) in [7, 11) is 0. The minimum Gasteiger partial charge on any atom is -0.466 e. The number of piperidine rings is 1. The number of nitrogens with two attached hydrogens (primary N) is 1. The van der Waals surface area contributed by atoms with Crippen LogP contribution in [0.25, 0.3) is 10.2 Å². The van der Waals surface area contributed by atoms with E-state index in [0.717, 1.165) is 73.7 Å². The van der Waals surface area contributed by atoms with Gasteiger partial charge in [-0.05, 0) is 57.1 Å². The van der Waals surface area contributed by atoms with E-state index in [-0.39, 0.29) is 11.9 Å². The maximum absolute atomic E-state index is 12.0. The van der Waals surface area contributed by atoms with Crippen LogP contribution in [0.3, 0.4) is 0 Å². The molecule has 1 aliphatic heterocycles. The predicted octanol–water partition coefficient (Wildman–Crippen LogP) is 3.22. The molecular formula is C21H30N4O2S. The van der Waals surface area contributed by atoms with E-state index in [1.54, 1.807) is 11.3 Å². The van der Waals surface area contributed by atoms with Gasteiger partial charge in [-0.15, -0.1) is 11.3 Å². The second-order valence-corrected chi connectivity index (χ2v) is 9.28. The number of fused-ring (bicyclic) bond motifs is 3. The van der Waals surface area contributed by atoms with Gasteiger partial charge in [-0.2, -0.15) is 0 Å². The summed E-state index contributed by atoms with van der Waals surface area (Å²) in [6.45, 7) is 7.25. The largest absolute Gasteiger partial charge is 0.466 e. The van der Waals surface area contributed by atoms with Crippen molar-refractivity contribution < 1.29 is 9.53 Å². The number of nitrogens with zero attached hydrogens (tertiary/aromatic N) is 3. The van der Waals surface area contributed by atoms with Crippen molar-refractivity contribution in [2.24, 2.45) is 11.8 Å². The topological polar surface area (TPSA) is 81.3 Å². The summed E-state index contributed by atoms with van der Waals surface area (Å²) >= 11 is 1.80. The molecule has 2 unspecified atom stereocenters. The van der Waals surface area contributed by atoms with Crippen LogP contribution in [0, 0.1) is 11.8 Å². The average molecular weight is 403 g/mol. The zero-order chi connectivity index (χ0) is 19.7. The molecule has 1 saturated heterocycles. The number of ether oxygens (including phenoxy) is 1. The molecule has 152 valence electrons. The fraction of sp³-hybridized carbons (Fsp3) is 0.667. The third-order valence-corrected chi connectivity index (χ3v) is 7.15. The molecule has 2 N–H and O–H groups in total. The Morgan fingerprint density at radius 2 is 2.21 bits per heavy atom. The van der Waals surface area contributed by atoms with E-state index in [9.17, 15) is 4.79 Å². The van der Waals surface area contributed by atoms with Crippen molar-refractivity contribution >= 4 is 33.3 Å². The highest BCUT2D eigenvalue weighted by Crippen LogP contribution is 2.39. The Morgan fingerprint density at radius 3 is 3.04 bits per heavy atom. The number of carbonyl (C=O) groups is 1. The molecule has 2 atom stereocenters. The summed E-state index contributed by atoms with van der Waals surface area (Å²) in [5.41, 5.74) is 7.73. The van der Waals surface area contributed by atoms with Crippen molar-refractivity contribution in [3.8, 4) is 0 Å². The van der Waals surface area contributed by atoms with Gasteiger partial charge in [-0.3, -0.25) is 4.79 Å². The molecule has 4 rings (SSSR count). The number of anilines is 1. The smallest absolute Gasteiger partial charge is 0.310 e. The van der Waals surface area contributed by atoms with Crippen LogP contribution in [0.4, 0.5) is 5.82 Å². The number of hydrogen-bond acceptors (Lipinski definition) is 7. The zero-order valence-electron chi connectivity index (χ0n) is 16.9. The molecule has 28 heavy (non-hydrogen) atoms. The Kier molecular flexibility index (Phi) is 5.83. The minimum absolute atomic E-state index is 0.00632. The van der Waals surface area contributed by atoms with E-state index >= 15 is 0 Å². The van der Waals surface area contributed by atoms with E-state index in [1.165, 1.54) is 16.9 Å². The van der Waals surface area contributed by atoms with Gasteiger partial charge in [0.2, 0.25) is 0 Å². The molecule has 3 heterocycles. The molecule has 1 fully saturated rings. The van der Waals surface area contributed by atoms with Gasteiger partial charge in [0.15, 0.2) is 0 Å². The molecule has 2 aromatic heterocycles. The van der Waals surface area contributed by atoms with Gasteiger partial charge in [-0.25, -0.2) is 9.97 Å².